The smallest absolute Gasteiger partial charge is 0.326 e. The summed E-state index contributed by atoms with van der Waals surface area (Å²) in [4.78, 5) is 34.0. The summed E-state index contributed by atoms with van der Waals surface area (Å²) >= 11 is 0.802. The molecule has 0 spiro atoms. The van der Waals surface area contributed by atoms with Crippen LogP contribution in [0.4, 0.5) is 5.69 Å². The van der Waals surface area contributed by atoms with Gasteiger partial charge in [0.25, 0.3) is 11.6 Å². The summed E-state index contributed by atoms with van der Waals surface area (Å²) in [5, 5.41) is 22.7. The molecule has 0 aliphatic carbocycles. The normalized spacial score (nSPS) is 13.5. The third-order valence-electron chi connectivity index (χ3n) is 3.57. The van der Waals surface area contributed by atoms with Gasteiger partial charge in [-0.25, -0.2) is 4.79 Å². The first-order chi connectivity index (χ1) is 10.8. The van der Waals surface area contributed by atoms with Gasteiger partial charge in [-0.15, -0.1) is 0 Å². The highest BCUT2D eigenvalue weighted by molar-refractivity contribution is 7.00. The van der Waals surface area contributed by atoms with Gasteiger partial charge in [-0.3, -0.25) is 14.9 Å². The summed E-state index contributed by atoms with van der Waals surface area (Å²) in [7, 11) is 0. The molecule has 0 aliphatic heterocycles. The van der Waals surface area contributed by atoms with Crippen molar-refractivity contribution in [3.63, 3.8) is 0 Å². The van der Waals surface area contributed by atoms with Gasteiger partial charge in [0.2, 0.25) is 0 Å². The fraction of sp³-hybridized carbons (Fsp3) is 0.385. The molecular weight excluding hydrogens is 324 g/mol. The lowest BCUT2D eigenvalue weighted by Crippen LogP contribution is -2.45. The van der Waals surface area contributed by atoms with Crippen molar-refractivity contribution < 1.29 is 19.6 Å². The number of hydrogen-bond acceptors (Lipinski definition) is 7. The summed E-state index contributed by atoms with van der Waals surface area (Å²) in [5.41, 5.74) is -0.0266. The molecule has 1 aromatic carbocycles. The van der Waals surface area contributed by atoms with Gasteiger partial charge in [-0.2, -0.15) is 8.75 Å². The molecule has 10 heteroatoms. The Morgan fingerprint density at radius 3 is 2.70 bits per heavy atom. The Morgan fingerprint density at radius 2 is 2.13 bits per heavy atom. The molecular formula is C13H14N4O5S. The monoisotopic (exact) mass is 338 g/mol. The number of nitrogens with zero attached hydrogens (tertiary/aromatic N) is 3. The number of aliphatic carboxylic acids is 1. The maximum absolute atomic E-state index is 12.3. The van der Waals surface area contributed by atoms with Gasteiger partial charge in [0.1, 0.15) is 11.6 Å². The minimum atomic E-state index is -1.15. The zero-order chi connectivity index (χ0) is 17.1. The van der Waals surface area contributed by atoms with Crippen LogP contribution < -0.4 is 5.32 Å². The molecule has 2 atom stereocenters. The predicted molar refractivity (Wildman–Crippen MR) is 82.4 cm³/mol. The summed E-state index contributed by atoms with van der Waals surface area (Å²) in [6, 6.07) is 1.36. The van der Waals surface area contributed by atoms with E-state index in [9.17, 15) is 24.8 Å². The lowest BCUT2D eigenvalue weighted by Gasteiger charge is -2.20. The molecule has 2 rings (SSSR count). The van der Waals surface area contributed by atoms with Crippen molar-refractivity contribution in [2.75, 3.05) is 0 Å². The Kier molecular flexibility index (Phi) is 4.84. The number of nitro benzene ring substituents is 1. The second-order valence-electron chi connectivity index (χ2n) is 5.06. The van der Waals surface area contributed by atoms with Crippen LogP contribution in [0.3, 0.4) is 0 Å². The van der Waals surface area contributed by atoms with E-state index >= 15 is 0 Å². The van der Waals surface area contributed by atoms with Crippen LogP contribution in [0.15, 0.2) is 12.1 Å². The van der Waals surface area contributed by atoms with E-state index < -0.39 is 22.8 Å². The minimum absolute atomic E-state index is 0.0218. The van der Waals surface area contributed by atoms with Gasteiger partial charge < -0.3 is 10.4 Å². The van der Waals surface area contributed by atoms with Crippen LogP contribution in [0, 0.1) is 16.0 Å². The molecule has 23 heavy (non-hydrogen) atoms. The number of nitro groups is 1. The molecule has 9 nitrogen and oxygen atoms in total. The number of amides is 1. The Hall–Kier alpha value is -2.62. The first-order valence-electron chi connectivity index (χ1n) is 6.79. The number of rotatable bonds is 6. The van der Waals surface area contributed by atoms with Crippen molar-refractivity contribution in [1.29, 1.82) is 0 Å². The molecule has 0 radical (unpaired) electrons. The zero-order valence-corrected chi connectivity index (χ0v) is 13.2. The highest BCUT2D eigenvalue weighted by Gasteiger charge is 2.27. The van der Waals surface area contributed by atoms with Gasteiger partial charge in [0.05, 0.1) is 16.7 Å². The molecule has 1 amide bonds. The zero-order valence-electron chi connectivity index (χ0n) is 12.3. The number of nitrogens with one attached hydrogen (secondary N) is 1. The Bertz CT molecular complexity index is 775. The standard InChI is InChI=1S/C13H14N4O5S/c1-3-6(2)10(13(19)20)14-12(18)7-4-8-11(16-23-15-8)9(5-7)17(21)22/h4-6,10H,3H2,1-2H3,(H,14,18)(H,19,20). The summed E-state index contributed by atoms with van der Waals surface area (Å²) < 4.78 is 7.73. The predicted octanol–water partition coefficient (Wildman–Crippen LogP) is 1.83. The van der Waals surface area contributed by atoms with Gasteiger partial charge in [-0.05, 0) is 12.0 Å². The van der Waals surface area contributed by atoms with E-state index in [-0.39, 0.29) is 28.2 Å². The highest BCUT2D eigenvalue weighted by atomic mass is 32.1. The minimum Gasteiger partial charge on any atom is -0.480 e. The number of non-ortho nitro benzene ring substituents is 1. The van der Waals surface area contributed by atoms with Crippen LogP contribution in [-0.4, -0.2) is 36.7 Å². The second-order valence-corrected chi connectivity index (χ2v) is 5.59. The topological polar surface area (TPSA) is 135 Å². The molecule has 1 heterocycles. The molecule has 0 bridgehead atoms. The first kappa shape index (κ1) is 16.7. The number of hydrogen-bond donors (Lipinski definition) is 2. The fourth-order valence-corrected chi connectivity index (χ4v) is 2.59. The summed E-state index contributed by atoms with van der Waals surface area (Å²) in [6.07, 6.45) is 0.562. The lowest BCUT2D eigenvalue weighted by molar-refractivity contribution is -0.383. The van der Waals surface area contributed by atoms with Crippen LogP contribution in [0.2, 0.25) is 0 Å². The first-order valence-corrected chi connectivity index (χ1v) is 7.52. The highest BCUT2D eigenvalue weighted by Crippen LogP contribution is 2.26. The quantitative estimate of drug-likeness (QED) is 0.605. The van der Waals surface area contributed by atoms with Crippen LogP contribution in [-0.2, 0) is 4.79 Å². The average Bonchev–Trinajstić information content (AvgIpc) is 2.98. The third kappa shape index (κ3) is 3.42. The summed E-state index contributed by atoms with van der Waals surface area (Å²) in [5.74, 6) is -2.13. The summed E-state index contributed by atoms with van der Waals surface area (Å²) in [6.45, 7) is 3.51. The van der Waals surface area contributed by atoms with Crippen LogP contribution >= 0.6 is 11.7 Å². The molecule has 0 saturated carbocycles. The van der Waals surface area contributed by atoms with E-state index in [0.29, 0.717) is 6.42 Å². The van der Waals surface area contributed by atoms with Crippen LogP contribution in [0.25, 0.3) is 11.0 Å². The Balaban J connectivity index is 2.37. The van der Waals surface area contributed by atoms with Crippen molar-refractivity contribution >= 4 is 40.3 Å². The van der Waals surface area contributed by atoms with Crippen LogP contribution in [0.5, 0.6) is 0 Å². The molecule has 0 aliphatic rings. The molecule has 122 valence electrons. The number of carboxylic acid groups (broad SMARTS) is 1. The van der Waals surface area contributed by atoms with E-state index in [1.54, 1.807) is 6.92 Å². The van der Waals surface area contributed by atoms with Crippen LogP contribution in [0.1, 0.15) is 30.6 Å². The van der Waals surface area contributed by atoms with Crippen molar-refractivity contribution in [3.8, 4) is 0 Å². The number of carbonyl (C=O) groups excluding carboxylic acids is 1. The second kappa shape index (κ2) is 6.65. The third-order valence-corrected chi connectivity index (χ3v) is 4.11. The Morgan fingerprint density at radius 1 is 1.43 bits per heavy atom. The molecule has 1 aromatic heterocycles. The maximum atomic E-state index is 12.3. The van der Waals surface area contributed by atoms with Crippen molar-refractivity contribution in [3.05, 3.63) is 27.8 Å². The van der Waals surface area contributed by atoms with E-state index in [2.05, 4.69) is 14.1 Å². The van der Waals surface area contributed by atoms with E-state index in [1.165, 1.54) is 6.07 Å². The maximum Gasteiger partial charge on any atom is 0.326 e. The van der Waals surface area contributed by atoms with Gasteiger partial charge in [0, 0.05) is 11.6 Å². The van der Waals surface area contributed by atoms with Crippen molar-refractivity contribution in [2.24, 2.45) is 5.92 Å². The van der Waals surface area contributed by atoms with Gasteiger partial charge in [-0.1, -0.05) is 20.3 Å². The number of carboxylic acids is 1. The van der Waals surface area contributed by atoms with E-state index in [1.807, 2.05) is 6.92 Å². The van der Waals surface area contributed by atoms with E-state index in [4.69, 9.17) is 0 Å². The van der Waals surface area contributed by atoms with Crippen molar-refractivity contribution in [2.45, 2.75) is 26.3 Å². The van der Waals surface area contributed by atoms with Gasteiger partial charge >= 0.3 is 5.97 Å². The largest absolute Gasteiger partial charge is 0.480 e. The molecule has 2 unspecified atom stereocenters. The number of benzene rings is 1. The number of carbonyl (C=O) groups is 2. The lowest BCUT2D eigenvalue weighted by atomic mass is 9.99. The SMILES string of the molecule is CCC(C)C(NC(=O)c1cc([N+](=O)[O-])c2nsnc2c1)C(=O)O. The molecule has 2 N–H and O–H groups in total. The fourth-order valence-electron chi connectivity index (χ4n) is 2.05. The average molecular weight is 338 g/mol. The van der Waals surface area contributed by atoms with Crippen molar-refractivity contribution in [1.82, 2.24) is 14.1 Å². The van der Waals surface area contributed by atoms with Gasteiger partial charge in [0.15, 0.2) is 5.52 Å². The molecule has 0 saturated heterocycles. The number of fused-ring (bicyclic) bond motifs is 1. The van der Waals surface area contributed by atoms with E-state index in [0.717, 1.165) is 17.8 Å². The molecule has 0 fully saturated rings. The number of aromatic nitrogens is 2. The Labute approximate surface area is 134 Å². The molecule has 2 aromatic rings.